The third-order valence-electron chi connectivity index (χ3n) is 3.93. The van der Waals surface area contributed by atoms with Crippen molar-refractivity contribution in [3.63, 3.8) is 0 Å². The van der Waals surface area contributed by atoms with Crippen LogP contribution in [0.3, 0.4) is 0 Å². The zero-order valence-corrected chi connectivity index (χ0v) is 13.3. The summed E-state index contributed by atoms with van der Waals surface area (Å²) in [6, 6.07) is 6.87. The molecule has 1 saturated carbocycles. The minimum Gasteiger partial charge on any atom is -0.384 e. The summed E-state index contributed by atoms with van der Waals surface area (Å²) in [5.41, 5.74) is 1.46. The maximum absolute atomic E-state index is 12.0. The largest absolute Gasteiger partial charge is 0.384 e. The molecule has 0 unspecified atom stereocenters. The lowest BCUT2D eigenvalue weighted by molar-refractivity contribution is 0.521. The van der Waals surface area contributed by atoms with Gasteiger partial charge in [-0.3, -0.25) is 0 Å². The molecule has 0 radical (unpaired) electrons. The van der Waals surface area contributed by atoms with Crippen molar-refractivity contribution in [2.45, 2.75) is 51.0 Å². The second kappa shape index (κ2) is 5.74. The number of rotatable bonds is 7. The first-order valence-corrected chi connectivity index (χ1v) is 8.71. The third kappa shape index (κ3) is 3.73. The molecular weight excluding hydrogens is 272 g/mol. The zero-order valence-electron chi connectivity index (χ0n) is 12.4. The molecule has 1 aliphatic rings. The van der Waals surface area contributed by atoms with E-state index in [-0.39, 0.29) is 6.04 Å². The average Bonchev–Trinajstić information content (AvgIpc) is 3.16. The molecule has 0 heterocycles. The Morgan fingerprint density at radius 3 is 2.25 bits per heavy atom. The number of hydrogen-bond donors (Lipinski definition) is 2. The number of sulfonamides is 1. The maximum Gasteiger partial charge on any atom is 0.240 e. The molecule has 0 aromatic heterocycles. The van der Waals surface area contributed by atoms with Gasteiger partial charge in [0.2, 0.25) is 10.0 Å². The Morgan fingerprint density at radius 1 is 1.20 bits per heavy atom. The Morgan fingerprint density at radius 2 is 1.80 bits per heavy atom. The van der Waals surface area contributed by atoms with Gasteiger partial charge in [-0.1, -0.05) is 6.92 Å². The van der Waals surface area contributed by atoms with Gasteiger partial charge in [-0.2, -0.15) is 0 Å². The molecule has 1 aromatic carbocycles. The van der Waals surface area contributed by atoms with Crippen molar-refractivity contribution in [1.82, 2.24) is 4.72 Å². The van der Waals surface area contributed by atoms with E-state index in [2.05, 4.69) is 17.0 Å². The van der Waals surface area contributed by atoms with Crippen molar-refractivity contribution in [3.05, 3.63) is 24.3 Å². The fourth-order valence-electron chi connectivity index (χ4n) is 2.25. The van der Waals surface area contributed by atoms with Crippen molar-refractivity contribution in [1.29, 1.82) is 0 Å². The highest BCUT2D eigenvalue weighted by atomic mass is 32.2. The predicted molar refractivity (Wildman–Crippen MR) is 82.3 cm³/mol. The summed E-state index contributed by atoms with van der Waals surface area (Å²) >= 11 is 0. The van der Waals surface area contributed by atoms with Crippen LogP contribution in [0.2, 0.25) is 0 Å². The molecule has 2 rings (SSSR count). The first kappa shape index (κ1) is 15.3. The predicted octanol–water partition coefficient (Wildman–Crippen LogP) is 2.98. The Bertz CT molecular complexity index is 546. The van der Waals surface area contributed by atoms with Crippen LogP contribution >= 0.6 is 0 Å². The van der Waals surface area contributed by atoms with Gasteiger partial charge in [0, 0.05) is 18.3 Å². The van der Waals surface area contributed by atoms with Gasteiger partial charge in [0.15, 0.2) is 0 Å². The second-order valence-electron chi connectivity index (χ2n) is 6.01. The lowest BCUT2D eigenvalue weighted by atomic mass is 10.0. The molecule has 5 heteroatoms. The second-order valence-corrected chi connectivity index (χ2v) is 7.72. The highest BCUT2D eigenvalue weighted by Gasteiger charge is 2.40. The minimum absolute atomic E-state index is 0.0999. The molecule has 1 aromatic rings. The molecule has 0 saturated heterocycles. The van der Waals surface area contributed by atoms with E-state index in [1.165, 1.54) is 19.3 Å². The fourth-order valence-corrected chi connectivity index (χ4v) is 3.50. The molecule has 112 valence electrons. The van der Waals surface area contributed by atoms with Gasteiger partial charge in [-0.05, 0) is 62.8 Å². The summed E-state index contributed by atoms with van der Waals surface area (Å²) in [4.78, 5) is 0.313. The minimum atomic E-state index is -3.39. The van der Waals surface area contributed by atoms with Crippen molar-refractivity contribution in [2.24, 2.45) is 5.41 Å². The van der Waals surface area contributed by atoms with E-state index >= 15 is 0 Å². The first-order valence-electron chi connectivity index (χ1n) is 7.23. The Hall–Kier alpha value is -1.07. The van der Waals surface area contributed by atoms with E-state index in [4.69, 9.17) is 0 Å². The van der Waals surface area contributed by atoms with Crippen molar-refractivity contribution >= 4 is 15.7 Å². The smallest absolute Gasteiger partial charge is 0.240 e. The molecule has 0 amide bonds. The molecule has 4 nitrogen and oxygen atoms in total. The third-order valence-corrected chi connectivity index (χ3v) is 5.60. The van der Waals surface area contributed by atoms with E-state index in [1.807, 2.05) is 26.0 Å². The summed E-state index contributed by atoms with van der Waals surface area (Å²) in [5, 5.41) is 3.40. The van der Waals surface area contributed by atoms with Gasteiger partial charge in [-0.25, -0.2) is 13.1 Å². The molecule has 0 aliphatic heterocycles. The van der Waals surface area contributed by atoms with E-state index < -0.39 is 10.0 Å². The topological polar surface area (TPSA) is 58.2 Å². The van der Waals surface area contributed by atoms with Crippen LogP contribution in [-0.4, -0.2) is 21.0 Å². The molecular formula is C15H24N2O2S. The summed E-state index contributed by atoms with van der Waals surface area (Å²) in [6.45, 7) is 6.82. The van der Waals surface area contributed by atoms with Gasteiger partial charge in [0.1, 0.15) is 0 Å². The quantitative estimate of drug-likeness (QED) is 0.813. The van der Waals surface area contributed by atoms with Crippen LogP contribution in [0.4, 0.5) is 5.69 Å². The van der Waals surface area contributed by atoms with Crippen LogP contribution in [0.15, 0.2) is 29.2 Å². The zero-order chi connectivity index (χ0) is 14.8. The summed E-state index contributed by atoms with van der Waals surface area (Å²) in [6.07, 6.45) is 3.79. The van der Waals surface area contributed by atoms with E-state index in [9.17, 15) is 8.42 Å². The summed E-state index contributed by atoms with van der Waals surface area (Å²) < 4.78 is 26.6. The van der Waals surface area contributed by atoms with Crippen molar-refractivity contribution in [2.75, 3.05) is 11.9 Å². The lowest BCUT2D eigenvalue weighted by Crippen LogP contribution is -2.30. The molecule has 2 N–H and O–H groups in total. The van der Waals surface area contributed by atoms with Gasteiger partial charge in [0.05, 0.1) is 4.90 Å². The molecule has 1 aliphatic carbocycles. The molecule has 0 spiro atoms. The average molecular weight is 296 g/mol. The van der Waals surface area contributed by atoms with Crippen LogP contribution < -0.4 is 10.0 Å². The van der Waals surface area contributed by atoms with Crippen molar-refractivity contribution < 1.29 is 8.42 Å². The number of anilines is 1. The highest BCUT2D eigenvalue weighted by Crippen LogP contribution is 2.48. The van der Waals surface area contributed by atoms with E-state index in [0.717, 1.165) is 12.2 Å². The van der Waals surface area contributed by atoms with Crippen molar-refractivity contribution in [3.8, 4) is 0 Å². The Labute approximate surface area is 122 Å². The number of nitrogens with one attached hydrogen (secondary N) is 2. The lowest BCUT2D eigenvalue weighted by Gasteiger charge is -2.15. The van der Waals surface area contributed by atoms with Crippen LogP contribution in [0, 0.1) is 5.41 Å². The van der Waals surface area contributed by atoms with Crippen LogP contribution in [0.1, 0.15) is 40.0 Å². The van der Waals surface area contributed by atoms with E-state index in [0.29, 0.717) is 10.3 Å². The van der Waals surface area contributed by atoms with Gasteiger partial charge >= 0.3 is 0 Å². The van der Waals surface area contributed by atoms with Gasteiger partial charge < -0.3 is 5.32 Å². The van der Waals surface area contributed by atoms with Crippen LogP contribution in [0.25, 0.3) is 0 Å². The van der Waals surface area contributed by atoms with Gasteiger partial charge in [-0.15, -0.1) is 0 Å². The standard InChI is InChI=1S/C15H24N2O2S/c1-4-15(9-10-15)11-16-13-5-7-14(8-6-13)20(18,19)17-12(2)3/h5-8,12,16-17H,4,9-11H2,1-3H3. The molecule has 0 atom stereocenters. The molecule has 1 fully saturated rings. The maximum atomic E-state index is 12.0. The van der Waals surface area contributed by atoms with Crippen LogP contribution in [-0.2, 0) is 10.0 Å². The van der Waals surface area contributed by atoms with Gasteiger partial charge in [0.25, 0.3) is 0 Å². The van der Waals surface area contributed by atoms with E-state index in [1.54, 1.807) is 12.1 Å². The Kier molecular flexibility index (Phi) is 4.39. The summed E-state index contributed by atoms with van der Waals surface area (Å²) in [7, 11) is -3.39. The molecule has 20 heavy (non-hydrogen) atoms. The SMILES string of the molecule is CCC1(CNc2ccc(S(=O)(=O)NC(C)C)cc2)CC1. The number of hydrogen-bond acceptors (Lipinski definition) is 3. The Balaban J connectivity index is 1.99. The monoisotopic (exact) mass is 296 g/mol. The summed E-state index contributed by atoms with van der Waals surface area (Å²) in [5.74, 6) is 0. The number of benzene rings is 1. The van der Waals surface area contributed by atoms with Crippen LogP contribution in [0.5, 0.6) is 0 Å². The highest BCUT2D eigenvalue weighted by molar-refractivity contribution is 7.89. The molecule has 0 bridgehead atoms. The first-order chi connectivity index (χ1) is 9.37. The fraction of sp³-hybridized carbons (Fsp3) is 0.600. The normalized spacial score (nSPS) is 17.2.